The van der Waals surface area contributed by atoms with Gasteiger partial charge in [-0.15, -0.1) is 0 Å². The van der Waals surface area contributed by atoms with Gasteiger partial charge in [0.05, 0.1) is 21.0 Å². The van der Waals surface area contributed by atoms with E-state index in [4.69, 9.17) is 5.11 Å². The molecule has 12 heteroatoms. The van der Waals surface area contributed by atoms with Crippen molar-refractivity contribution in [1.29, 1.82) is 0 Å². The maximum atomic E-state index is 10.1. The average Bonchev–Trinajstić information content (AvgIpc) is 2.40. The first-order chi connectivity index (χ1) is 7.19. The SMILES string of the molecule is O=P([O-])([O-])OC[C@H]1O[C@](O)(CO)[C@@H](O)[C@@H]1O.[Na+].[Na+]. The topological polar surface area (TPSA) is 163 Å². The molecule has 18 heavy (non-hydrogen) atoms. The van der Waals surface area contributed by atoms with Crippen LogP contribution in [0.15, 0.2) is 0 Å². The Morgan fingerprint density at radius 3 is 2.17 bits per heavy atom. The second kappa shape index (κ2) is 8.38. The summed E-state index contributed by atoms with van der Waals surface area (Å²) in [5.74, 6) is -2.40. The molecule has 96 valence electrons. The second-order valence-corrected chi connectivity index (χ2v) is 4.49. The molecule has 0 unspecified atom stereocenters. The Bertz CT molecular complexity index is 299. The van der Waals surface area contributed by atoms with E-state index in [1.165, 1.54) is 0 Å². The van der Waals surface area contributed by atoms with Gasteiger partial charge in [0, 0.05) is 0 Å². The van der Waals surface area contributed by atoms with Crippen LogP contribution in [-0.4, -0.2) is 57.7 Å². The van der Waals surface area contributed by atoms with E-state index < -0.39 is 45.1 Å². The molecule has 0 aromatic heterocycles. The second-order valence-electron chi connectivity index (χ2n) is 3.34. The van der Waals surface area contributed by atoms with E-state index in [0.717, 1.165) is 0 Å². The van der Waals surface area contributed by atoms with Crippen molar-refractivity contribution in [2.24, 2.45) is 0 Å². The van der Waals surface area contributed by atoms with Gasteiger partial charge in [-0.3, -0.25) is 0 Å². The third-order valence-corrected chi connectivity index (χ3v) is 2.61. The number of aliphatic hydroxyl groups is 4. The van der Waals surface area contributed by atoms with Crippen molar-refractivity contribution >= 4 is 7.82 Å². The summed E-state index contributed by atoms with van der Waals surface area (Å²) >= 11 is 0. The van der Waals surface area contributed by atoms with Crippen molar-refractivity contribution in [3.8, 4) is 0 Å². The van der Waals surface area contributed by atoms with E-state index in [9.17, 15) is 29.7 Å². The van der Waals surface area contributed by atoms with Gasteiger partial charge in [0.2, 0.25) is 5.79 Å². The zero-order valence-electron chi connectivity index (χ0n) is 9.92. The molecule has 1 rings (SSSR count). The van der Waals surface area contributed by atoms with Gasteiger partial charge in [-0.2, -0.15) is 0 Å². The van der Waals surface area contributed by atoms with E-state index in [2.05, 4.69) is 9.26 Å². The third-order valence-electron chi connectivity index (χ3n) is 2.15. The Hall–Kier alpha value is 1.91. The van der Waals surface area contributed by atoms with Gasteiger partial charge in [-0.25, -0.2) is 0 Å². The molecule has 0 aliphatic carbocycles. The van der Waals surface area contributed by atoms with Gasteiger partial charge >= 0.3 is 59.1 Å². The number of hydrogen-bond acceptors (Lipinski definition) is 9. The molecule has 1 aliphatic heterocycles. The molecule has 1 saturated heterocycles. The summed E-state index contributed by atoms with van der Waals surface area (Å²) in [4.78, 5) is 20.3. The summed E-state index contributed by atoms with van der Waals surface area (Å²) in [6, 6.07) is 0. The van der Waals surface area contributed by atoms with Crippen molar-refractivity contribution in [1.82, 2.24) is 0 Å². The standard InChI is InChI=1S/C6H13O9P.2Na/c7-2-6(10)5(9)4(8)3(15-6)1-14-16(11,12)13;;/h3-5,7-10H,1-2H2,(H2,11,12,13);;/q;2*+1/p-2/t3-,4-,5+,6-;;/m1../s1. The minimum Gasteiger partial charge on any atom is -0.790 e. The average molecular weight is 304 g/mol. The molecule has 0 bridgehead atoms. The predicted molar refractivity (Wildman–Crippen MR) is 42.5 cm³/mol. The Morgan fingerprint density at radius 1 is 1.33 bits per heavy atom. The molecular formula is C6H11Na2O9P. The van der Waals surface area contributed by atoms with Crippen molar-refractivity contribution in [3.63, 3.8) is 0 Å². The van der Waals surface area contributed by atoms with E-state index >= 15 is 0 Å². The van der Waals surface area contributed by atoms with Crippen molar-refractivity contribution in [2.45, 2.75) is 24.1 Å². The van der Waals surface area contributed by atoms with Gasteiger partial charge in [-0.05, 0) is 0 Å². The fraction of sp³-hybridized carbons (Fsp3) is 1.00. The summed E-state index contributed by atoms with van der Waals surface area (Å²) in [5.41, 5.74) is 0. The first-order valence-electron chi connectivity index (χ1n) is 4.23. The number of hydrogen-bond donors (Lipinski definition) is 4. The Labute approximate surface area is 147 Å². The minimum atomic E-state index is -5.23. The van der Waals surface area contributed by atoms with Crippen molar-refractivity contribution in [2.75, 3.05) is 13.2 Å². The van der Waals surface area contributed by atoms with Crippen LogP contribution in [0, 0.1) is 0 Å². The summed E-state index contributed by atoms with van der Waals surface area (Å²) < 4.78 is 18.6. The van der Waals surface area contributed by atoms with Crippen LogP contribution in [0.1, 0.15) is 0 Å². The van der Waals surface area contributed by atoms with Gasteiger partial charge < -0.3 is 44.0 Å². The summed E-state index contributed by atoms with van der Waals surface area (Å²) in [7, 11) is -5.23. The number of rotatable bonds is 4. The maximum absolute atomic E-state index is 10.1. The van der Waals surface area contributed by atoms with E-state index in [0.29, 0.717) is 0 Å². The van der Waals surface area contributed by atoms with E-state index in [1.54, 1.807) is 0 Å². The smallest absolute Gasteiger partial charge is 0.790 e. The van der Waals surface area contributed by atoms with Gasteiger partial charge in [0.1, 0.15) is 18.3 Å². The molecule has 0 radical (unpaired) electrons. The first kappa shape index (κ1) is 22.2. The summed E-state index contributed by atoms with van der Waals surface area (Å²) in [6.45, 7) is -1.86. The summed E-state index contributed by atoms with van der Waals surface area (Å²) in [6.07, 6.45) is -4.93. The molecular weight excluding hydrogens is 293 g/mol. The molecule has 9 nitrogen and oxygen atoms in total. The fourth-order valence-electron chi connectivity index (χ4n) is 1.30. The van der Waals surface area contributed by atoms with E-state index in [1.807, 2.05) is 0 Å². The molecule has 0 amide bonds. The molecule has 0 saturated carbocycles. The zero-order chi connectivity index (χ0) is 12.6. The quantitative estimate of drug-likeness (QED) is 0.292. The summed E-state index contributed by atoms with van der Waals surface area (Å²) in [5, 5.41) is 36.6. The largest absolute Gasteiger partial charge is 1.00 e. The van der Waals surface area contributed by atoms with Crippen LogP contribution in [0.4, 0.5) is 0 Å². The van der Waals surface area contributed by atoms with Crippen LogP contribution in [0.2, 0.25) is 0 Å². The van der Waals surface area contributed by atoms with Gasteiger partial charge in [0.15, 0.2) is 0 Å². The van der Waals surface area contributed by atoms with Gasteiger partial charge in [-0.1, -0.05) is 0 Å². The minimum absolute atomic E-state index is 0. The Morgan fingerprint density at radius 2 is 1.83 bits per heavy atom. The zero-order valence-corrected chi connectivity index (χ0v) is 14.8. The monoisotopic (exact) mass is 304 g/mol. The molecule has 1 aliphatic rings. The Kier molecular flexibility index (Phi) is 10.3. The molecule has 4 atom stereocenters. The van der Waals surface area contributed by atoms with Crippen LogP contribution in [-0.2, 0) is 13.8 Å². The maximum Gasteiger partial charge on any atom is 1.00 e. The molecule has 0 aromatic carbocycles. The number of phosphoric acid groups is 1. The van der Waals surface area contributed by atoms with Crippen LogP contribution in [0.5, 0.6) is 0 Å². The number of aliphatic hydroxyl groups excluding tert-OH is 3. The molecule has 4 N–H and O–H groups in total. The third kappa shape index (κ3) is 5.72. The molecule has 0 aromatic rings. The van der Waals surface area contributed by atoms with Gasteiger partial charge in [0.25, 0.3) is 0 Å². The predicted octanol–water partition coefficient (Wildman–Crippen LogP) is -10.4. The van der Waals surface area contributed by atoms with Crippen molar-refractivity contribution in [3.05, 3.63) is 0 Å². The number of ether oxygens (including phenoxy) is 1. The first-order valence-corrected chi connectivity index (χ1v) is 5.69. The Balaban J connectivity index is 0. The molecule has 1 fully saturated rings. The van der Waals surface area contributed by atoms with Crippen LogP contribution >= 0.6 is 7.82 Å². The fourth-order valence-corrected chi connectivity index (χ4v) is 1.63. The van der Waals surface area contributed by atoms with Crippen LogP contribution in [0.25, 0.3) is 0 Å². The normalized spacial score (nSPS) is 35.8. The molecule has 0 spiro atoms. The molecule has 1 heterocycles. The van der Waals surface area contributed by atoms with Crippen LogP contribution in [0.3, 0.4) is 0 Å². The van der Waals surface area contributed by atoms with Crippen LogP contribution < -0.4 is 68.9 Å². The van der Waals surface area contributed by atoms with Crippen molar-refractivity contribution < 1.29 is 103 Å². The number of phosphoric ester groups is 1. The van der Waals surface area contributed by atoms with E-state index in [-0.39, 0.29) is 59.1 Å².